The molecule has 2 atom stereocenters. The van der Waals surface area contributed by atoms with Gasteiger partial charge < -0.3 is 15.6 Å². The van der Waals surface area contributed by atoms with Gasteiger partial charge in [0.15, 0.2) is 0 Å². The monoisotopic (exact) mass is 394 g/mol. The molecule has 140 valence electrons. The van der Waals surface area contributed by atoms with Crippen LogP contribution in [0.4, 0.5) is 0 Å². The van der Waals surface area contributed by atoms with Crippen LogP contribution in [0.15, 0.2) is 54.6 Å². The van der Waals surface area contributed by atoms with Crippen molar-refractivity contribution >= 4 is 41.8 Å². The van der Waals surface area contributed by atoms with E-state index in [4.69, 9.17) is 10.7 Å². The van der Waals surface area contributed by atoms with Gasteiger partial charge in [0.05, 0.1) is 11.0 Å². The number of nitrogens with two attached hydrogens (primary N) is 1. The van der Waals surface area contributed by atoms with Crippen LogP contribution in [-0.4, -0.2) is 21.5 Å². The van der Waals surface area contributed by atoms with E-state index in [9.17, 15) is 4.79 Å². The Bertz CT molecular complexity index is 849. The highest BCUT2D eigenvalue weighted by Crippen LogP contribution is 2.25. The van der Waals surface area contributed by atoms with Crippen molar-refractivity contribution < 1.29 is 4.79 Å². The van der Waals surface area contributed by atoms with Crippen molar-refractivity contribution in [3.05, 3.63) is 66.0 Å². The van der Waals surface area contributed by atoms with Gasteiger partial charge in [0, 0.05) is 19.5 Å². The number of nitrogens with zero attached hydrogens (tertiary/aromatic N) is 2. The number of hydrogen-bond acceptors (Lipinski definition) is 3. The van der Waals surface area contributed by atoms with Gasteiger partial charge in [-0.2, -0.15) is 0 Å². The van der Waals surface area contributed by atoms with E-state index in [-0.39, 0.29) is 49.2 Å². The number of hydrogen-bond donors (Lipinski definition) is 2. The number of halogens is 2. The maximum atomic E-state index is 12.3. The van der Waals surface area contributed by atoms with E-state index in [2.05, 4.69) is 5.32 Å². The van der Waals surface area contributed by atoms with E-state index in [0.29, 0.717) is 0 Å². The number of benzene rings is 2. The molecule has 0 spiro atoms. The fraction of sp³-hybridized carbons (Fsp3) is 0.263. The Hall–Kier alpha value is -2.08. The highest BCUT2D eigenvalue weighted by atomic mass is 35.5. The number of carbonyl (C=O) groups excluding carboxylic acids is 1. The van der Waals surface area contributed by atoms with Crippen molar-refractivity contribution in [1.82, 2.24) is 14.9 Å². The molecule has 3 N–H and O–H groups in total. The lowest BCUT2D eigenvalue weighted by Crippen LogP contribution is -2.34. The van der Waals surface area contributed by atoms with E-state index in [1.165, 1.54) is 0 Å². The first kappa shape index (κ1) is 22.0. The van der Waals surface area contributed by atoms with Crippen LogP contribution in [0.3, 0.4) is 0 Å². The summed E-state index contributed by atoms with van der Waals surface area (Å²) < 4.78 is 2.03. The van der Waals surface area contributed by atoms with Crippen LogP contribution in [0.5, 0.6) is 0 Å². The molecule has 0 aliphatic rings. The summed E-state index contributed by atoms with van der Waals surface area (Å²) in [4.78, 5) is 17.0. The van der Waals surface area contributed by atoms with Gasteiger partial charge in [-0.1, -0.05) is 42.5 Å². The molecule has 5 nitrogen and oxygen atoms in total. The lowest BCUT2D eigenvalue weighted by atomic mass is 10.1. The van der Waals surface area contributed by atoms with Crippen molar-refractivity contribution in [2.75, 3.05) is 0 Å². The molecule has 0 saturated carbocycles. The molecule has 1 amide bonds. The number of nitrogens with one attached hydrogen (secondary N) is 1. The molecule has 2 aromatic carbocycles. The standard InChI is InChI=1S/C19H22N4O.2ClH/c1-13(20)12-17(24)22-18(14-8-4-3-5-9-14)19-21-15-10-6-7-11-16(15)23(19)2;;/h3-11,13,18H,12,20H2,1-2H3,(H,22,24);2*1H. The summed E-state index contributed by atoms with van der Waals surface area (Å²) in [7, 11) is 1.97. The third-order valence-corrected chi connectivity index (χ3v) is 4.03. The molecule has 3 rings (SSSR count). The average Bonchev–Trinajstić information content (AvgIpc) is 2.90. The van der Waals surface area contributed by atoms with Gasteiger partial charge in [0.25, 0.3) is 0 Å². The number of para-hydroxylation sites is 2. The van der Waals surface area contributed by atoms with Crippen LogP contribution in [0, 0.1) is 0 Å². The number of aromatic nitrogens is 2. The van der Waals surface area contributed by atoms with Gasteiger partial charge in [-0.05, 0) is 24.6 Å². The minimum absolute atomic E-state index is 0. The van der Waals surface area contributed by atoms with Crippen LogP contribution in [0.25, 0.3) is 11.0 Å². The normalized spacial score (nSPS) is 12.6. The number of amides is 1. The lowest BCUT2D eigenvalue weighted by molar-refractivity contribution is -0.121. The van der Waals surface area contributed by atoms with Crippen LogP contribution < -0.4 is 11.1 Å². The molecule has 0 bridgehead atoms. The second-order valence-electron chi connectivity index (χ2n) is 6.11. The van der Waals surface area contributed by atoms with Crippen molar-refractivity contribution in [2.45, 2.75) is 25.4 Å². The molecule has 0 radical (unpaired) electrons. The predicted octanol–water partition coefficient (Wildman–Crippen LogP) is 3.36. The Morgan fingerprint density at radius 1 is 1.12 bits per heavy atom. The van der Waals surface area contributed by atoms with Crippen LogP contribution >= 0.6 is 24.8 Å². The summed E-state index contributed by atoms with van der Waals surface area (Å²) >= 11 is 0. The summed E-state index contributed by atoms with van der Waals surface area (Å²) in [5, 5.41) is 3.08. The number of fused-ring (bicyclic) bond motifs is 1. The Morgan fingerprint density at radius 3 is 2.35 bits per heavy atom. The van der Waals surface area contributed by atoms with Crippen molar-refractivity contribution in [3.8, 4) is 0 Å². The van der Waals surface area contributed by atoms with E-state index in [0.717, 1.165) is 22.4 Å². The summed E-state index contributed by atoms with van der Waals surface area (Å²) in [5.74, 6) is 0.728. The van der Waals surface area contributed by atoms with E-state index in [1.807, 2.05) is 73.1 Å². The van der Waals surface area contributed by atoms with Gasteiger partial charge in [-0.3, -0.25) is 4.79 Å². The molecular weight excluding hydrogens is 371 g/mol. The molecule has 1 aromatic heterocycles. The molecule has 7 heteroatoms. The minimum Gasteiger partial charge on any atom is -0.342 e. The Morgan fingerprint density at radius 2 is 1.73 bits per heavy atom. The van der Waals surface area contributed by atoms with Gasteiger partial charge in [0.1, 0.15) is 11.9 Å². The van der Waals surface area contributed by atoms with E-state index >= 15 is 0 Å². The molecule has 0 aliphatic carbocycles. The minimum atomic E-state index is -0.310. The highest BCUT2D eigenvalue weighted by molar-refractivity contribution is 5.85. The molecule has 0 aliphatic heterocycles. The zero-order chi connectivity index (χ0) is 17.1. The first-order valence-electron chi connectivity index (χ1n) is 8.07. The van der Waals surface area contributed by atoms with E-state index in [1.54, 1.807) is 0 Å². The quantitative estimate of drug-likeness (QED) is 0.696. The average molecular weight is 395 g/mol. The van der Waals surface area contributed by atoms with Gasteiger partial charge in [-0.25, -0.2) is 4.98 Å². The first-order valence-corrected chi connectivity index (χ1v) is 8.07. The zero-order valence-corrected chi connectivity index (χ0v) is 16.4. The van der Waals surface area contributed by atoms with Gasteiger partial charge >= 0.3 is 0 Å². The molecule has 0 fully saturated rings. The third-order valence-electron chi connectivity index (χ3n) is 4.03. The maximum absolute atomic E-state index is 12.3. The molecule has 3 aromatic rings. The van der Waals surface area contributed by atoms with Crippen LogP contribution in [0.2, 0.25) is 0 Å². The smallest absolute Gasteiger partial charge is 0.222 e. The SMILES string of the molecule is CC(N)CC(=O)NC(c1ccccc1)c1nc2ccccc2n1C.Cl.Cl. The van der Waals surface area contributed by atoms with Crippen molar-refractivity contribution in [1.29, 1.82) is 0 Å². The second-order valence-corrected chi connectivity index (χ2v) is 6.11. The largest absolute Gasteiger partial charge is 0.342 e. The summed E-state index contributed by atoms with van der Waals surface area (Å²) in [5.41, 5.74) is 8.70. The Kier molecular flexibility index (Phi) is 8.08. The molecule has 1 heterocycles. The fourth-order valence-electron chi connectivity index (χ4n) is 2.88. The molecule has 26 heavy (non-hydrogen) atoms. The summed E-state index contributed by atoms with van der Waals surface area (Å²) in [6, 6.07) is 17.3. The van der Waals surface area contributed by atoms with Gasteiger partial charge in [0.2, 0.25) is 5.91 Å². The second kappa shape index (κ2) is 9.57. The van der Waals surface area contributed by atoms with Crippen molar-refractivity contribution in [3.63, 3.8) is 0 Å². The number of imidazole rings is 1. The van der Waals surface area contributed by atoms with Gasteiger partial charge in [-0.15, -0.1) is 24.8 Å². The topological polar surface area (TPSA) is 72.9 Å². The lowest BCUT2D eigenvalue weighted by Gasteiger charge is -2.20. The molecule has 2 unspecified atom stereocenters. The summed E-state index contributed by atoms with van der Waals surface area (Å²) in [6.07, 6.45) is 0.285. The first-order chi connectivity index (χ1) is 11.6. The number of carbonyl (C=O) groups is 1. The Labute approximate surface area is 165 Å². The molecular formula is C19H24Cl2N4O. The van der Waals surface area contributed by atoms with Crippen LogP contribution in [0.1, 0.15) is 30.8 Å². The Balaban J connectivity index is 0.00000169. The zero-order valence-electron chi connectivity index (χ0n) is 14.8. The van der Waals surface area contributed by atoms with E-state index < -0.39 is 0 Å². The number of rotatable bonds is 5. The maximum Gasteiger partial charge on any atom is 0.222 e. The fourth-order valence-corrected chi connectivity index (χ4v) is 2.88. The molecule has 0 saturated heterocycles. The predicted molar refractivity (Wildman–Crippen MR) is 110 cm³/mol. The van der Waals surface area contributed by atoms with Crippen LogP contribution in [-0.2, 0) is 11.8 Å². The summed E-state index contributed by atoms with van der Waals surface area (Å²) in [6.45, 7) is 1.83. The highest BCUT2D eigenvalue weighted by Gasteiger charge is 2.22. The van der Waals surface area contributed by atoms with Crippen molar-refractivity contribution in [2.24, 2.45) is 12.8 Å². The third kappa shape index (κ3) is 4.75. The number of aryl methyl sites for hydroxylation is 1.